The molecule has 20 heteroatoms. The monoisotopic (exact) mass is 783 g/mol. The summed E-state index contributed by atoms with van der Waals surface area (Å²) in [5, 5.41) is 21.5. The van der Waals surface area contributed by atoms with E-state index in [9.17, 15) is 40.3 Å². The van der Waals surface area contributed by atoms with Gasteiger partial charge in [-0.25, -0.2) is 27.9 Å². The van der Waals surface area contributed by atoms with Crippen LogP contribution in [0, 0.1) is 10.8 Å². The third kappa shape index (κ3) is 7.32. The molecule has 0 radical (unpaired) electrons. The number of guanidine groups is 1. The van der Waals surface area contributed by atoms with E-state index in [2.05, 4.69) is 20.5 Å². The van der Waals surface area contributed by atoms with Gasteiger partial charge in [-0.1, -0.05) is 62.7 Å². The number of alkyl carbamates (subject to hydrolysis) is 1. The number of halogens is 8. The fourth-order valence-corrected chi connectivity index (χ4v) is 6.65. The molecule has 0 bridgehead atoms. The predicted molar refractivity (Wildman–Crippen MR) is 179 cm³/mol. The largest absolute Gasteiger partial charge is 0.447 e. The Morgan fingerprint density at radius 1 is 1.07 bits per heavy atom. The molecule has 1 aliphatic heterocycles. The molecule has 2 aromatic carbocycles. The van der Waals surface area contributed by atoms with E-state index in [-0.39, 0.29) is 41.2 Å². The molecule has 2 atom stereocenters. The van der Waals surface area contributed by atoms with Gasteiger partial charge in [0.15, 0.2) is 11.8 Å². The third-order valence-electron chi connectivity index (χ3n) is 9.10. The highest BCUT2D eigenvalue weighted by Gasteiger charge is 2.64. The van der Waals surface area contributed by atoms with Crippen molar-refractivity contribution in [2.45, 2.75) is 76.3 Å². The first-order valence-corrected chi connectivity index (χ1v) is 16.8. The third-order valence-corrected chi connectivity index (χ3v) is 9.42. The summed E-state index contributed by atoms with van der Waals surface area (Å²) in [5.41, 5.74) is -3.65. The summed E-state index contributed by atoms with van der Waals surface area (Å²) in [6.07, 6.45) is -7.89. The number of hydrogen-bond acceptors (Lipinski definition) is 7. The zero-order valence-electron chi connectivity index (χ0n) is 28.8. The van der Waals surface area contributed by atoms with Gasteiger partial charge in [-0.05, 0) is 54.0 Å². The van der Waals surface area contributed by atoms with Gasteiger partial charge in [0.25, 0.3) is 12.3 Å². The Labute approximate surface area is 308 Å². The molecular formula is C34H33ClF7N9O3. The van der Waals surface area contributed by atoms with Crippen LogP contribution < -0.4 is 10.6 Å². The van der Waals surface area contributed by atoms with Gasteiger partial charge in [-0.2, -0.15) is 32.1 Å². The molecule has 1 aliphatic carbocycles. The lowest BCUT2D eigenvalue weighted by molar-refractivity contribution is -0.164. The lowest BCUT2D eigenvalue weighted by Crippen LogP contribution is -2.49. The number of nitrogens with one attached hydrogen (secondary N) is 3. The molecule has 6 rings (SSSR count). The second-order valence-electron chi connectivity index (χ2n) is 14.2. The number of carbonyl (C=O) groups excluding carboxylic acids is 2. The van der Waals surface area contributed by atoms with Gasteiger partial charge in [0.2, 0.25) is 0 Å². The second-order valence-corrected chi connectivity index (χ2v) is 14.6. The molecule has 54 heavy (non-hydrogen) atoms. The van der Waals surface area contributed by atoms with E-state index in [1.807, 2.05) is 26.1 Å². The molecule has 288 valence electrons. The molecule has 3 N–H and O–H groups in total. The molecule has 3 heterocycles. The Bertz CT molecular complexity index is 2060. The first-order valence-electron chi connectivity index (χ1n) is 16.4. The number of benzene rings is 2. The number of aromatic nitrogens is 5. The van der Waals surface area contributed by atoms with Crippen LogP contribution in [-0.2, 0) is 15.1 Å². The van der Waals surface area contributed by atoms with Crippen molar-refractivity contribution in [3.05, 3.63) is 83.0 Å². The van der Waals surface area contributed by atoms with Crippen LogP contribution in [0.3, 0.4) is 0 Å². The number of nitrogens with zero attached hydrogens (tertiary/aromatic N) is 6. The molecule has 0 unspecified atom stereocenters. The van der Waals surface area contributed by atoms with Crippen LogP contribution in [-0.4, -0.2) is 65.7 Å². The maximum Gasteiger partial charge on any atom is 0.411 e. The lowest BCUT2D eigenvalue weighted by atomic mass is 9.75. The maximum absolute atomic E-state index is 14.9. The molecule has 2 fully saturated rings. The van der Waals surface area contributed by atoms with Crippen molar-refractivity contribution in [3.8, 4) is 16.9 Å². The second kappa shape index (κ2) is 13.9. The van der Waals surface area contributed by atoms with Crippen LogP contribution in [0.2, 0.25) is 5.02 Å². The minimum atomic E-state index is -4.75. The van der Waals surface area contributed by atoms with Gasteiger partial charge in [-0.3, -0.25) is 15.1 Å². The Balaban J connectivity index is 1.40. The van der Waals surface area contributed by atoms with Gasteiger partial charge in [0.05, 0.1) is 22.4 Å². The average molecular weight is 784 g/mol. The SMILES string of the molecule is CC(C)(C)C[C@]1(c2ccc(-c3ccn(C(F)F)n3)cc2)NC(=N)N([C@H](COC(=O)NC2(C(F)(F)F)CC2)c2ccc(Cl)c(-n3ncnc3C(F)F)c2)C1=O. The van der Waals surface area contributed by atoms with Crippen LogP contribution >= 0.6 is 11.6 Å². The van der Waals surface area contributed by atoms with Crippen molar-refractivity contribution in [3.63, 3.8) is 0 Å². The minimum Gasteiger partial charge on any atom is -0.447 e. The van der Waals surface area contributed by atoms with E-state index in [1.54, 1.807) is 24.3 Å². The van der Waals surface area contributed by atoms with Gasteiger partial charge in [0.1, 0.15) is 24.0 Å². The van der Waals surface area contributed by atoms with Gasteiger partial charge in [0, 0.05) is 11.8 Å². The number of ether oxygens (including phenoxy) is 1. The van der Waals surface area contributed by atoms with E-state index in [1.165, 1.54) is 24.3 Å². The predicted octanol–water partition coefficient (Wildman–Crippen LogP) is 7.68. The van der Waals surface area contributed by atoms with Crippen LogP contribution in [0.1, 0.15) is 76.0 Å². The van der Waals surface area contributed by atoms with Gasteiger partial charge >= 0.3 is 18.8 Å². The fourth-order valence-electron chi connectivity index (χ4n) is 6.45. The Hall–Kier alpha value is -5.20. The highest BCUT2D eigenvalue weighted by Crippen LogP contribution is 2.49. The zero-order chi connectivity index (χ0) is 39.4. The number of rotatable bonds is 11. The molecule has 12 nitrogen and oxygen atoms in total. The Morgan fingerprint density at radius 3 is 2.33 bits per heavy atom. The summed E-state index contributed by atoms with van der Waals surface area (Å²) in [7, 11) is 0. The Morgan fingerprint density at radius 2 is 1.76 bits per heavy atom. The van der Waals surface area contributed by atoms with E-state index < -0.39 is 72.1 Å². The van der Waals surface area contributed by atoms with Crippen molar-refractivity contribution in [2.75, 3.05) is 6.61 Å². The van der Waals surface area contributed by atoms with Gasteiger partial charge < -0.3 is 15.4 Å². The van der Waals surface area contributed by atoms with Crippen molar-refractivity contribution >= 4 is 29.6 Å². The normalized spacial score (nSPS) is 19.0. The van der Waals surface area contributed by atoms with Crippen LogP contribution in [0.5, 0.6) is 0 Å². The molecule has 1 saturated heterocycles. The van der Waals surface area contributed by atoms with Crippen molar-refractivity contribution in [2.24, 2.45) is 5.41 Å². The summed E-state index contributed by atoms with van der Waals surface area (Å²) in [5.74, 6) is -1.95. The standard InChI is InChI=1S/C34H33ClF7N9O3/c1-31(2,3)16-33(20-7-4-18(5-8-20)22-10-13-49(48-22)28(38)39)27(52)50(29(43)46-33)24(15-54-30(53)47-32(11-12-32)34(40,41)42)19-6-9-21(35)23(14-19)51-26(25(36)37)44-17-45-51/h4-10,13-14,17,24-25,28H,11-12,15-16H2,1-3H3,(H2,43,46)(H,47,53)/t24-,33-/m1/s1. The molecular weight excluding hydrogens is 751 g/mol. The van der Waals surface area contributed by atoms with E-state index in [0.29, 0.717) is 15.8 Å². The summed E-state index contributed by atoms with van der Waals surface area (Å²) in [4.78, 5) is 32.2. The molecule has 1 saturated carbocycles. The quantitative estimate of drug-likeness (QED) is 0.133. The fraction of sp³-hybridized carbons (Fsp3) is 0.412. The number of carbonyl (C=O) groups is 2. The van der Waals surface area contributed by atoms with Crippen molar-refractivity contribution < 1.29 is 45.1 Å². The summed E-state index contributed by atoms with van der Waals surface area (Å²) < 4.78 is 101. The number of hydrogen-bond donors (Lipinski definition) is 3. The first kappa shape index (κ1) is 38.5. The molecule has 2 aromatic heterocycles. The zero-order valence-corrected chi connectivity index (χ0v) is 29.5. The highest BCUT2D eigenvalue weighted by atomic mass is 35.5. The first-order chi connectivity index (χ1) is 25.2. The van der Waals surface area contributed by atoms with E-state index in [4.69, 9.17) is 21.7 Å². The highest BCUT2D eigenvalue weighted by molar-refractivity contribution is 6.32. The van der Waals surface area contributed by atoms with E-state index >= 15 is 0 Å². The maximum atomic E-state index is 14.9. The van der Waals surface area contributed by atoms with E-state index in [0.717, 1.165) is 22.1 Å². The topological polar surface area (TPSA) is 143 Å². The minimum absolute atomic E-state index is 0.0640. The number of amides is 2. The summed E-state index contributed by atoms with van der Waals surface area (Å²) >= 11 is 6.39. The smallest absolute Gasteiger partial charge is 0.411 e. The molecule has 2 aliphatic rings. The van der Waals surface area contributed by atoms with Crippen LogP contribution in [0.15, 0.2) is 61.1 Å². The summed E-state index contributed by atoms with van der Waals surface area (Å²) in [6.45, 7) is 1.92. The Kier molecular flexibility index (Phi) is 9.91. The summed E-state index contributed by atoms with van der Waals surface area (Å²) in [6, 6.07) is 10.2. The van der Waals surface area contributed by atoms with Crippen molar-refractivity contribution in [1.82, 2.24) is 40.1 Å². The molecule has 4 aromatic rings. The van der Waals surface area contributed by atoms with Crippen LogP contribution in [0.25, 0.3) is 16.9 Å². The van der Waals surface area contributed by atoms with Crippen molar-refractivity contribution in [1.29, 1.82) is 5.41 Å². The van der Waals surface area contributed by atoms with Gasteiger partial charge in [-0.15, -0.1) is 0 Å². The average Bonchev–Trinajstić information content (AvgIpc) is 3.40. The molecule has 2 amide bonds. The lowest BCUT2D eigenvalue weighted by Gasteiger charge is -2.35. The molecule has 0 spiro atoms. The van der Waals surface area contributed by atoms with Crippen LogP contribution in [0.4, 0.5) is 35.5 Å². The number of alkyl halides is 7.